The van der Waals surface area contributed by atoms with Crippen LogP contribution in [0.25, 0.3) is 0 Å². The van der Waals surface area contributed by atoms with Gasteiger partial charge in [0.25, 0.3) is 0 Å². The minimum absolute atomic E-state index is 0.0170. The van der Waals surface area contributed by atoms with Gasteiger partial charge in [-0.2, -0.15) is 0 Å². The minimum atomic E-state index is -3.22. The largest absolute Gasteiger partial charge is 0.383 e. The highest BCUT2D eigenvalue weighted by molar-refractivity contribution is 7.91. The van der Waals surface area contributed by atoms with Gasteiger partial charge in [0.1, 0.15) is 0 Å². The molecule has 1 aromatic carbocycles. The van der Waals surface area contributed by atoms with Gasteiger partial charge in [0.2, 0.25) is 0 Å². The van der Waals surface area contributed by atoms with E-state index in [2.05, 4.69) is 10.6 Å². The molecule has 0 aliphatic heterocycles. The van der Waals surface area contributed by atoms with Crippen molar-refractivity contribution in [3.8, 4) is 0 Å². The Kier molecular flexibility index (Phi) is 6.37. The van der Waals surface area contributed by atoms with Crippen molar-refractivity contribution in [2.45, 2.75) is 31.3 Å². The number of hydrogen-bond donors (Lipinski definition) is 2. The molecule has 0 radical (unpaired) electrons. The number of amides is 2. The third-order valence-electron chi connectivity index (χ3n) is 3.09. The molecule has 0 aromatic heterocycles. The fraction of sp³-hybridized carbons (Fsp3) is 0.533. The molecule has 0 spiro atoms. The highest BCUT2D eigenvalue weighted by atomic mass is 32.2. The van der Waals surface area contributed by atoms with E-state index in [1.165, 1.54) is 0 Å². The molecule has 0 bridgehead atoms. The van der Waals surface area contributed by atoms with E-state index in [0.29, 0.717) is 24.4 Å². The molecule has 6 nitrogen and oxygen atoms in total. The van der Waals surface area contributed by atoms with E-state index in [4.69, 9.17) is 4.74 Å². The van der Waals surface area contributed by atoms with Crippen LogP contribution in [-0.4, -0.2) is 39.5 Å². The number of sulfone groups is 1. The van der Waals surface area contributed by atoms with Crippen LogP contribution in [0, 0.1) is 0 Å². The van der Waals surface area contributed by atoms with Crippen LogP contribution in [0.3, 0.4) is 0 Å². The number of benzene rings is 1. The minimum Gasteiger partial charge on any atom is -0.383 e. The van der Waals surface area contributed by atoms with Crippen molar-refractivity contribution in [3.63, 3.8) is 0 Å². The quantitative estimate of drug-likeness (QED) is 0.784. The average molecular weight is 328 g/mol. The molecule has 0 unspecified atom stereocenters. The fourth-order valence-corrected chi connectivity index (χ4v) is 2.63. The third-order valence-corrected chi connectivity index (χ3v) is 5.67. The summed E-state index contributed by atoms with van der Waals surface area (Å²) in [4.78, 5) is 11.6. The number of rotatable bonds is 6. The monoisotopic (exact) mass is 328 g/mol. The van der Waals surface area contributed by atoms with Crippen LogP contribution in [0.15, 0.2) is 24.3 Å². The number of anilines is 1. The fourth-order valence-electron chi connectivity index (χ4n) is 1.56. The van der Waals surface area contributed by atoms with Crippen molar-refractivity contribution < 1.29 is 17.9 Å². The zero-order valence-electron chi connectivity index (χ0n) is 13.5. The Morgan fingerprint density at radius 1 is 1.18 bits per heavy atom. The standard InChI is InChI=1S/C15H24N2O4S/c1-15(2,3)22(19,20)11-12-5-7-13(8-6-12)17-14(18)16-9-10-21-4/h5-8H,9-11H2,1-4H3,(H2,16,17,18). The molecule has 0 saturated carbocycles. The Morgan fingerprint density at radius 2 is 1.77 bits per heavy atom. The van der Waals surface area contributed by atoms with Crippen molar-refractivity contribution in [2.24, 2.45) is 0 Å². The molecule has 0 saturated heterocycles. The zero-order chi connectivity index (χ0) is 16.8. The van der Waals surface area contributed by atoms with E-state index >= 15 is 0 Å². The van der Waals surface area contributed by atoms with Crippen LogP contribution in [0.1, 0.15) is 26.3 Å². The number of nitrogens with one attached hydrogen (secondary N) is 2. The number of ether oxygens (including phenoxy) is 1. The van der Waals surface area contributed by atoms with Gasteiger partial charge in [0, 0.05) is 19.3 Å². The summed E-state index contributed by atoms with van der Waals surface area (Å²) >= 11 is 0. The van der Waals surface area contributed by atoms with E-state index in [0.717, 1.165) is 0 Å². The van der Waals surface area contributed by atoms with Crippen molar-refractivity contribution >= 4 is 21.6 Å². The molecule has 1 rings (SSSR count). The molecule has 124 valence electrons. The maximum absolute atomic E-state index is 12.1. The molecule has 1 aromatic rings. The van der Waals surface area contributed by atoms with Gasteiger partial charge < -0.3 is 15.4 Å². The first-order valence-electron chi connectivity index (χ1n) is 7.01. The number of hydrogen-bond acceptors (Lipinski definition) is 4. The van der Waals surface area contributed by atoms with Crippen LogP contribution < -0.4 is 10.6 Å². The number of methoxy groups -OCH3 is 1. The molecule has 2 amide bonds. The van der Waals surface area contributed by atoms with Gasteiger partial charge in [-0.05, 0) is 38.5 Å². The van der Waals surface area contributed by atoms with Gasteiger partial charge in [-0.1, -0.05) is 12.1 Å². The zero-order valence-corrected chi connectivity index (χ0v) is 14.3. The van der Waals surface area contributed by atoms with Gasteiger partial charge in [0.05, 0.1) is 17.1 Å². The summed E-state index contributed by atoms with van der Waals surface area (Å²) in [7, 11) is -1.66. The van der Waals surface area contributed by atoms with Gasteiger partial charge in [-0.3, -0.25) is 0 Å². The van der Waals surface area contributed by atoms with Crippen LogP contribution in [0.4, 0.5) is 10.5 Å². The first-order valence-corrected chi connectivity index (χ1v) is 8.66. The SMILES string of the molecule is COCCNC(=O)Nc1ccc(CS(=O)(=O)C(C)(C)C)cc1. The molecule has 22 heavy (non-hydrogen) atoms. The number of carbonyl (C=O) groups excluding carboxylic acids is 1. The smallest absolute Gasteiger partial charge is 0.319 e. The molecule has 0 aliphatic rings. The van der Waals surface area contributed by atoms with E-state index in [1.54, 1.807) is 52.1 Å². The summed E-state index contributed by atoms with van der Waals surface area (Å²) in [6, 6.07) is 6.45. The van der Waals surface area contributed by atoms with Gasteiger partial charge in [-0.25, -0.2) is 13.2 Å². The summed E-state index contributed by atoms with van der Waals surface area (Å²) in [5.74, 6) is -0.0170. The lowest BCUT2D eigenvalue weighted by Crippen LogP contribution is -2.31. The predicted molar refractivity (Wildman–Crippen MR) is 87.7 cm³/mol. The third kappa shape index (κ3) is 5.65. The lowest BCUT2D eigenvalue weighted by molar-refractivity contribution is 0.198. The number of urea groups is 1. The van der Waals surface area contributed by atoms with Crippen molar-refractivity contribution in [1.82, 2.24) is 5.32 Å². The van der Waals surface area contributed by atoms with Crippen molar-refractivity contribution in [3.05, 3.63) is 29.8 Å². The van der Waals surface area contributed by atoms with Gasteiger partial charge >= 0.3 is 6.03 Å². The molecule has 0 heterocycles. The van der Waals surface area contributed by atoms with Crippen LogP contribution in [-0.2, 0) is 20.3 Å². The Bertz CT molecular complexity index is 589. The van der Waals surface area contributed by atoms with E-state index in [9.17, 15) is 13.2 Å². The van der Waals surface area contributed by atoms with Crippen molar-refractivity contribution in [1.29, 1.82) is 0 Å². The van der Waals surface area contributed by atoms with Gasteiger partial charge in [-0.15, -0.1) is 0 Å². The van der Waals surface area contributed by atoms with Crippen LogP contribution in [0.2, 0.25) is 0 Å². The Labute approximate surface area is 132 Å². The first-order chi connectivity index (χ1) is 10.2. The van der Waals surface area contributed by atoms with Gasteiger partial charge in [0.15, 0.2) is 9.84 Å². The lowest BCUT2D eigenvalue weighted by atomic mass is 10.2. The summed E-state index contributed by atoms with van der Waals surface area (Å²) < 4.78 is 28.3. The maximum Gasteiger partial charge on any atom is 0.319 e. The Hall–Kier alpha value is -1.60. The summed E-state index contributed by atoms with van der Waals surface area (Å²) in [5, 5.41) is 5.30. The number of carbonyl (C=O) groups is 1. The molecule has 0 atom stereocenters. The second kappa shape index (κ2) is 7.60. The molecule has 7 heteroatoms. The lowest BCUT2D eigenvalue weighted by Gasteiger charge is -2.19. The van der Waals surface area contributed by atoms with Crippen LogP contribution >= 0.6 is 0 Å². The Balaban J connectivity index is 2.62. The summed E-state index contributed by atoms with van der Waals surface area (Å²) in [5.41, 5.74) is 1.30. The highest BCUT2D eigenvalue weighted by Crippen LogP contribution is 2.21. The maximum atomic E-state index is 12.1. The second-order valence-electron chi connectivity index (χ2n) is 5.94. The van der Waals surface area contributed by atoms with Crippen molar-refractivity contribution in [2.75, 3.05) is 25.6 Å². The second-order valence-corrected chi connectivity index (χ2v) is 8.68. The summed E-state index contributed by atoms with van der Waals surface area (Å²) in [6.45, 7) is 5.91. The summed E-state index contributed by atoms with van der Waals surface area (Å²) in [6.07, 6.45) is 0. The van der Waals surface area contributed by atoms with E-state index in [1.807, 2.05) is 0 Å². The van der Waals surface area contributed by atoms with Crippen LogP contribution in [0.5, 0.6) is 0 Å². The Morgan fingerprint density at radius 3 is 2.27 bits per heavy atom. The molecule has 0 fully saturated rings. The van der Waals surface area contributed by atoms with E-state index < -0.39 is 14.6 Å². The topological polar surface area (TPSA) is 84.5 Å². The highest BCUT2D eigenvalue weighted by Gasteiger charge is 2.28. The molecule has 2 N–H and O–H groups in total. The normalized spacial score (nSPS) is 12.0. The van der Waals surface area contributed by atoms with E-state index in [-0.39, 0.29) is 11.8 Å². The first kappa shape index (κ1) is 18.4. The molecular weight excluding hydrogens is 304 g/mol. The predicted octanol–water partition coefficient (Wildman–Crippen LogP) is 2.17. The average Bonchev–Trinajstić information content (AvgIpc) is 2.40. The molecular formula is C15H24N2O4S. The molecule has 0 aliphatic carbocycles.